The first-order valence-electron chi connectivity index (χ1n) is 10.6. The highest BCUT2D eigenvalue weighted by Crippen LogP contribution is 2.31. The summed E-state index contributed by atoms with van der Waals surface area (Å²) in [6, 6.07) is 13.6. The largest absolute Gasteiger partial charge is 0.457 e. The van der Waals surface area contributed by atoms with Gasteiger partial charge in [-0.25, -0.2) is 0 Å². The molecule has 1 fully saturated rings. The van der Waals surface area contributed by atoms with Crippen LogP contribution >= 0.6 is 0 Å². The third kappa shape index (κ3) is 5.70. The summed E-state index contributed by atoms with van der Waals surface area (Å²) in [7, 11) is 2.15. The number of hydrogen-bond donors (Lipinski definition) is 1. The molecule has 0 atom stereocenters. The van der Waals surface area contributed by atoms with Gasteiger partial charge in [-0.2, -0.15) is 0 Å². The Balaban J connectivity index is 1.75. The van der Waals surface area contributed by atoms with Crippen molar-refractivity contribution in [1.82, 2.24) is 5.32 Å². The highest BCUT2D eigenvalue weighted by Gasteiger charge is 2.19. The summed E-state index contributed by atoms with van der Waals surface area (Å²) in [6.07, 6.45) is 7.37. The first-order chi connectivity index (χ1) is 14.1. The minimum Gasteiger partial charge on any atom is -0.457 e. The van der Waals surface area contributed by atoms with Crippen molar-refractivity contribution in [3.8, 4) is 11.5 Å². The second-order valence-electron chi connectivity index (χ2n) is 7.73. The topological polar surface area (TPSA) is 67.6 Å². The van der Waals surface area contributed by atoms with Crippen LogP contribution in [0.5, 0.6) is 11.5 Å². The SMILES string of the molecule is CCCNCc1cc(Oc2cccc(N(C)C3CCCCC3)c2)ccc1[N+](=O)[O-]. The number of benzene rings is 2. The molecule has 6 nitrogen and oxygen atoms in total. The smallest absolute Gasteiger partial charge is 0.274 e. The number of nitro benzene ring substituents is 1. The summed E-state index contributed by atoms with van der Waals surface area (Å²) in [5.41, 5.74) is 1.89. The molecule has 0 aliphatic heterocycles. The predicted octanol–water partition coefficient (Wildman–Crippen LogP) is 5.66. The van der Waals surface area contributed by atoms with E-state index in [9.17, 15) is 10.1 Å². The minimum atomic E-state index is -0.341. The zero-order valence-electron chi connectivity index (χ0n) is 17.4. The molecule has 0 radical (unpaired) electrons. The van der Waals surface area contributed by atoms with Gasteiger partial charge in [0.05, 0.1) is 4.92 Å². The quantitative estimate of drug-likeness (QED) is 0.336. The van der Waals surface area contributed by atoms with E-state index in [0.29, 0.717) is 23.9 Å². The van der Waals surface area contributed by atoms with Crippen LogP contribution in [0.2, 0.25) is 0 Å². The molecule has 0 spiro atoms. The average molecular weight is 398 g/mol. The van der Waals surface area contributed by atoms with E-state index in [1.165, 1.54) is 38.2 Å². The lowest BCUT2D eigenvalue weighted by Gasteiger charge is -2.33. The molecule has 0 unspecified atom stereocenters. The lowest BCUT2D eigenvalue weighted by atomic mass is 9.94. The maximum atomic E-state index is 11.3. The van der Waals surface area contributed by atoms with Crippen molar-refractivity contribution in [2.24, 2.45) is 0 Å². The summed E-state index contributed by atoms with van der Waals surface area (Å²) in [6.45, 7) is 3.34. The van der Waals surface area contributed by atoms with Gasteiger partial charge in [-0.1, -0.05) is 32.3 Å². The van der Waals surface area contributed by atoms with Crippen LogP contribution in [0, 0.1) is 10.1 Å². The van der Waals surface area contributed by atoms with Gasteiger partial charge in [0.25, 0.3) is 5.69 Å². The van der Waals surface area contributed by atoms with Gasteiger partial charge >= 0.3 is 0 Å². The Bertz CT molecular complexity index is 819. The fourth-order valence-corrected chi connectivity index (χ4v) is 3.93. The van der Waals surface area contributed by atoms with Gasteiger partial charge in [0, 0.05) is 43.0 Å². The maximum absolute atomic E-state index is 11.3. The van der Waals surface area contributed by atoms with E-state index in [2.05, 4.69) is 30.3 Å². The van der Waals surface area contributed by atoms with Crippen molar-refractivity contribution in [2.45, 2.75) is 58.0 Å². The molecule has 0 saturated heterocycles. The molecule has 3 rings (SSSR count). The van der Waals surface area contributed by atoms with Gasteiger partial charge in [0.1, 0.15) is 11.5 Å². The van der Waals surface area contributed by atoms with Gasteiger partial charge in [0.2, 0.25) is 0 Å². The van der Waals surface area contributed by atoms with Crippen LogP contribution in [0.25, 0.3) is 0 Å². The van der Waals surface area contributed by atoms with Gasteiger partial charge in [-0.3, -0.25) is 10.1 Å². The Morgan fingerprint density at radius 1 is 1.14 bits per heavy atom. The Hall–Kier alpha value is -2.60. The summed E-state index contributed by atoms with van der Waals surface area (Å²) >= 11 is 0. The molecular weight excluding hydrogens is 366 g/mol. The van der Waals surface area contributed by atoms with E-state index in [1.807, 2.05) is 18.2 Å². The van der Waals surface area contributed by atoms with Crippen LogP contribution in [0.4, 0.5) is 11.4 Å². The van der Waals surface area contributed by atoms with Crippen LogP contribution < -0.4 is 15.0 Å². The Morgan fingerprint density at radius 2 is 1.90 bits per heavy atom. The molecule has 6 heteroatoms. The molecule has 2 aromatic rings. The average Bonchev–Trinajstić information content (AvgIpc) is 2.74. The van der Waals surface area contributed by atoms with Crippen molar-refractivity contribution in [3.63, 3.8) is 0 Å². The summed E-state index contributed by atoms with van der Waals surface area (Å²) in [4.78, 5) is 13.3. The Kier molecular flexibility index (Phi) is 7.47. The number of nitro groups is 1. The van der Waals surface area contributed by atoms with Crippen LogP contribution in [-0.4, -0.2) is 24.6 Å². The highest BCUT2D eigenvalue weighted by atomic mass is 16.6. The second kappa shape index (κ2) is 10.3. The van der Waals surface area contributed by atoms with Crippen LogP contribution in [-0.2, 0) is 6.54 Å². The van der Waals surface area contributed by atoms with E-state index in [0.717, 1.165) is 24.4 Å². The monoisotopic (exact) mass is 397 g/mol. The highest BCUT2D eigenvalue weighted by molar-refractivity contribution is 5.52. The zero-order valence-corrected chi connectivity index (χ0v) is 17.4. The van der Waals surface area contributed by atoms with Gasteiger partial charge in [-0.15, -0.1) is 0 Å². The maximum Gasteiger partial charge on any atom is 0.274 e. The molecule has 0 bridgehead atoms. The molecule has 29 heavy (non-hydrogen) atoms. The first kappa shape index (κ1) is 21.1. The summed E-state index contributed by atoms with van der Waals surface area (Å²) in [5.74, 6) is 1.35. The Morgan fingerprint density at radius 3 is 2.62 bits per heavy atom. The fourth-order valence-electron chi connectivity index (χ4n) is 3.93. The first-order valence-corrected chi connectivity index (χ1v) is 10.6. The van der Waals surface area contributed by atoms with E-state index in [4.69, 9.17) is 4.74 Å². The van der Waals surface area contributed by atoms with Gasteiger partial charge in [-0.05, 0) is 50.1 Å². The van der Waals surface area contributed by atoms with E-state index < -0.39 is 0 Å². The third-order valence-corrected chi connectivity index (χ3v) is 5.57. The number of nitrogens with zero attached hydrogens (tertiary/aromatic N) is 2. The molecule has 1 aliphatic carbocycles. The molecule has 2 aromatic carbocycles. The van der Waals surface area contributed by atoms with E-state index >= 15 is 0 Å². The van der Waals surface area contributed by atoms with Gasteiger partial charge < -0.3 is 15.0 Å². The van der Waals surface area contributed by atoms with Crippen LogP contribution in [0.15, 0.2) is 42.5 Å². The summed E-state index contributed by atoms with van der Waals surface area (Å²) < 4.78 is 6.06. The molecule has 156 valence electrons. The van der Waals surface area contributed by atoms with Crippen molar-refractivity contribution in [2.75, 3.05) is 18.5 Å². The number of ether oxygens (including phenoxy) is 1. The summed E-state index contributed by atoms with van der Waals surface area (Å²) in [5, 5.41) is 14.6. The number of anilines is 1. The normalized spacial score (nSPS) is 14.6. The molecule has 0 amide bonds. The van der Waals surface area contributed by atoms with Crippen molar-refractivity contribution in [1.29, 1.82) is 0 Å². The third-order valence-electron chi connectivity index (χ3n) is 5.57. The lowest BCUT2D eigenvalue weighted by Crippen LogP contribution is -2.33. The predicted molar refractivity (Wildman–Crippen MR) is 117 cm³/mol. The number of hydrogen-bond acceptors (Lipinski definition) is 5. The molecule has 1 aliphatic rings. The fraction of sp³-hybridized carbons (Fsp3) is 0.478. The number of nitrogens with one attached hydrogen (secondary N) is 1. The van der Waals surface area contributed by atoms with Crippen molar-refractivity contribution < 1.29 is 9.66 Å². The second-order valence-corrected chi connectivity index (χ2v) is 7.73. The van der Waals surface area contributed by atoms with E-state index in [-0.39, 0.29) is 10.6 Å². The number of rotatable bonds is 9. The van der Waals surface area contributed by atoms with Crippen LogP contribution in [0.1, 0.15) is 51.0 Å². The van der Waals surface area contributed by atoms with Gasteiger partial charge in [0.15, 0.2) is 0 Å². The van der Waals surface area contributed by atoms with Crippen LogP contribution in [0.3, 0.4) is 0 Å². The van der Waals surface area contributed by atoms with Crippen molar-refractivity contribution in [3.05, 3.63) is 58.1 Å². The van der Waals surface area contributed by atoms with Crippen molar-refractivity contribution >= 4 is 11.4 Å². The molecular formula is C23H31N3O3. The zero-order chi connectivity index (χ0) is 20.6. The molecule has 0 aromatic heterocycles. The molecule has 1 N–H and O–H groups in total. The molecule has 1 saturated carbocycles. The standard InChI is InChI=1S/C23H31N3O3/c1-3-14-24-17-18-15-22(12-13-23(18)26(27)28)29-21-11-7-10-20(16-21)25(2)19-8-5-4-6-9-19/h7,10-13,15-16,19,24H,3-6,8-9,14,17H2,1-2H3. The minimum absolute atomic E-state index is 0.117. The molecule has 0 heterocycles. The Labute approximate surface area is 173 Å². The lowest BCUT2D eigenvalue weighted by molar-refractivity contribution is -0.385. The van der Waals surface area contributed by atoms with E-state index in [1.54, 1.807) is 12.1 Å².